The Kier molecular flexibility index (Phi) is 4.19. The molecule has 1 atom stereocenters. The van der Waals surface area contributed by atoms with Crippen LogP contribution in [-0.4, -0.2) is 16.0 Å². The van der Waals surface area contributed by atoms with Gasteiger partial charge in [0.2, 0.25) is 0 Å². The van der Waals surface area contributed by atoms with E-state index < -0.39 is 0 Å². The number of hydrogen-bond donors (Lipinski definition) is 1. The number of pyridine rings is 1. The lowest BCUT2D eigenvalue weighted by molar-refractivity contribution is 0.0941. The molecular formula is C20H16FN3O3. The van der Waals surface area contributed by atoms with Gasteiger partial charge in [0.25, 0.3) is 11.6 Å². The smallest absolute Gasteiger partial charge is 0.259 e. The zero-order valence-electron chi connectivity index (χ0n) is 14.7. The van der Waals surface area contributed by atoms with Crippen molar-refractivity contribution < 1.29 is 18.1 Å². The zero-order chi connectivity index (χ0) is 19.0. The van der Waals surface area contributed by atoms with E-state index in [0.717, 1.165) is 5.56 Å². The highest BCUT2D eigenvalue weighted by atomic mass is 19.1. The average Bonchev–Trinajstić information content (AvgIpc) is 3.32. The molecule has 0 radical (unpaired) electrons. The summed E-state index contributed by atoms with van der Waals surface area (Å²) in [4.78, 5) is 17.4. The van der Waals surface area contributed by atoms with E-state index in [0.29, 0.717) is 28.1 Å². The monoisotopic (exact) mass is 365 g/mol. The van der Waals surface area contributed by atoms with Gasteiger partial charge in [-0.3, -0.25) is 4.79 Å². The first kappa shape index (κ1) is 17.0. The Labute approximate surface area is 154 Å². The number of carbonyl (C=O) groups excluding carboxylic acids is 1. The fourth-order valence-electron chi connectivity index (χ4n) is 2.93. The molecule has 4 rings (SSSR count). The maximum absolute atomic E-state index is 13.1. The fraction of sp³-hybridized carbons (Fsp3) is 0.150. The van der Waals surface area contributed by atoms with Gasteiger partial charge in [-0.15, -0.1) is 0 Å². The molecule has 27 heavy (non-hydrogen) atoms. The molecule has 0 bridgehead atoms. The molecule has 0 aliphatic heterocycles. The minimum atomic E-state index is -0.323. The Morgan fingerprint density at radius 3 is 2.70 bits per heavy atom. The van der Waals surface area contributed by atoms with Crippen molar-refractivity contribution >= 4 is 17.0 Å². The van der Waals surface area contributed by atoms with E-state index in [9.17, 15) is 9.18 Å². The molecular weight excluding hydrogens is 349 g/mol. The van der Waals surface area contributed by atoms with E-state index in [-0.39, 0.29) is 23.5 Å². The molecule has 6 nitrogen and oxygen atoms in total. The van der Waals surface area contributed by atoms with Crippen LogP contribution in [0.4, 0.5) is 4.39 Å². The Hall–Kier alpha value is -3.48. The van der Waals surface area contributed by atoms with Crippen molar-refractivity contribution in [1.29, 1.82) is 0 Å². The highest BCUT2D eigenvalue weighted by Crippen LogP contribution is 2.27. The first-order chi connectivity index (χ1) is 13.0. The second-order valence-corrected chi connectivity index (χ2v) is 6.23. The topological polar surface area (TPSA) is 81.2 Å². The Morgan fingerprint density at radius 2 is 2.00 bits per heavy atom. The summed E-state index contributed by atoms with van der Waals surface area (Å²) < 4.78 is 23.8. The van der Waals surface area contributed by atoms with Gasteiger partial charge in [-0.25, -0.2) is 9.37 Å². The molecule has 7 heteroatoms. The third kappa shape index (κ3) is 3.19. The highest BCUT2D eigenvalue weighted by molar-refractivity contribution is 6.07. The van der Waals surface area contributed by atoms with E-state index in [1.165, 1.54) is 18.4 Å². The van der Waals surface area contributed by atoms with Crippen LogP contribution >= 0.6 is 0 Å². The first-order valence-electron chi connectivity index (χ1n) is 8.40. The minimum Gasteiger partial charge on any atom is -0.463 e. The van der Waals surface area contributed by atoms with Crippen molar-refractivity contribution in [3.05, 3.63) is 71.4 Å². The molecule has 0 aliphatic carbocycles. The van der Waals surface area contributed by atoms with E-state index in [2.05, 4.69) is 15.5 Å². The van der Waals surface area contributed by atoms with Crippen LogP contribution in [0.2, 0.25) is 0 Å². The van der Waals surface area contributed by atoms with Gasteiger partial charge >= 0.3 is 0 Å². The highest BCUT2D eigenvalue weighted by Gasteiger charge is 2.21. The van der Waals surface area contributed by atoms with Crippen LogP contribution in [0.1, 0.15) is 34.6 Å². The summed E-state index contributed by atoms with van der Waals surface area (Å²) in [6.45, 7) is 3.58. The number of benzene rings is 1. The number of aromatic nitrogens is 2. The van der Waals surface area contributed by atoms with Gasteiger partial charge in [0, 0.05) is 0 Å². The lowest BCUT2D eigenvalue weighted by atomic mass is 10.1. The minimum absolute atomic E-state index is 0.265. The average molecular weight is 365 g/mol. The summed E-state index contributed by atoms with van der Waals surface area (Å²) in [5.74, 6) is -0.110. The van der Waals surface area contributed by atoms with E-state index in [4.69, 9.17) is 8.94 Å². The van der Waals surface area contributed by atoms with Crippen molar-refractivity contribution in [2.75, 3.05) is 0 Å². The fourth-order valence-corrected chi connectivity index (χ4v) is 2.93. The number of aryl methyl sites for hydroxylation is 1. The molecule has 1 N–H and O–H groups in total. The predicted molar refractivity (Wildman–Crippen MR) is 96.5 cm³/mol. The van der Waals surface area contributed by atoms with Crippen LogP contribution in [0, 0.1) is 12.7 Å². The van der Waals surface area contributed by atoms with Gasteiger partial charge in [0.1, 0.15) is 11.5 Å². The summed E-state index contributed by atoms with van der Waals surface area (Å²) in [6, 6.07) is 10.8. The van der Waals surface area contributed by atoms with Gasteiger partial charge in [0.15, 0.2) is 5.76 Å². The van der Waals surface area contributed by atoms with Crippen molar-refractivity contribution in [2.45, 2.75) is 19.9 Å². The summed E-state index contributed by atoms with van der Waals surface area (Å²) in [6.07, 6.45) is 1.53. The van der Waals surface area contributed by atoms with Crippen LogP contribution in [0.3, 0.4) is 0 Å². The molecule has 0 saturated carbocycles. The van der Waals surface area contributed by atoms with Crippen molar-refractivity contribution in [3.8, 4) is 11.5 Å². The Bertz CT molecular complexity index is 1100. The second kappa shape index (κ2) is 6.68. The van der Waals surface area contributed by atoms with Gasteiger partial charge in [0.05, 0.1) is 28.9 Å². The zero-order valence-corrected chi connectivity index (χ0v) is 14.7. The third-order valence-electron chi connectivity index (χ3n) is 4.35. The maximum atomic E-state index is 13.1. The number of rotatable bonds is 4. The summed E-state index contributed by atoms with van der Waals surface area (Å²) in [7, 11) is 0. The molecule has 1 amide bonds. The molecule has 1 unspecified atom stereocenters. The number of halogens is 1. The molecule has 0 spiro atoms. The van der Waals surface area contributed by atoms with Crippen LogP contribution in [0.15, 0.2) is 57.7 Å². The summed E-state index contributed by atoms with van der Waals surface area (Å²) >= 11 is 0. The van der Waals surface area contributed by atoms with Gasteiger partial charge in [-0.05, 0) is 49.7 Å². The quantitative estimate of drug-likeness (QED) is 0.579. The number of hydrogen-bond acceptors (Lipinski definition) is 5. The number of nitrogens with one attached hydrogen (secondary N) is 1. The normalized spacial score (nSPS) is 12.3. The van der Waals surface area contributed by atoms with Crippen molar-refractivity contribution in [3.63, 3.8) is 0 Å². The lowest BCUT2D eigenvalue weighted by Crippen LogP contribution is -2.27. The SMILES string of the molecule is Cc1noc2nc(-c3ccco3)cc(C(=O)NC(C)c3ccc(F)cc3)c12. The summed E-state index contributed by atoms with van der Waals surface area (Å²) in [5, 5.41) is 7.39. The largest absolute Gasteiger partial charge is 0.463 e. The molecule has 136 valence electrons. The predicted octanol–water partition coefficient (Wildman–Crippen LogP) is 4.42. The Morgan fingerprint density at radius 1 is 1.22 bits per heavy atom. The molecule has 0 aliphatic rings. The number of fused-ring (bicyclic) bond motifs is 1. The first-order valence-corrected chi connectivity index (χ1v) is 8.40. The van der Waals surface area contributed by atoms with Gasteiger partial charge in [-0.1, -0.05) is 17.3 Å². The molecule has 0 fully saturated rings. The van der Waals surface area contributed by atoms with Crippen LogP contribution in [-0.2, 0) is 0 Å². The maximum Gasteiger partial charge on any atom is 0.259 e. The van der Waals surface area contributed by atoms with Crippen LogP contribution in [0.25, 0.3) is 22.6 Å². The number of amides is 1. The van der Waals surface area contributed by atoms with Crippen LogP contribution < -0.4 is 5.32 Å². The number of nitrogens with zero attached hydrogens (tertiary/aromatic N) is 2. The third-order valence-corrected chi connectivity index (χ3v) is 4.35. The molecule has 4 aromatic rings. The molecule has 1 aromatic carbocycles. The van der Waals surface area contributed by atoms with E-state index >= 15 is 0 Å². The number of carbonyl (C=O) groups is 1. The van der Waals surface area contributed by atoms with Crippen molar-refractivity contribution in [2.24, 2.45) is 0 Å². The molecule has 3 heterocycles. The Balaban J connectivity index is 1.72. The van der Waals surface area contributed by atoms with Crippen LogP contribution in [0.5, 0.6) is 0 Å². The standard InChI is InChI=1S/C20H16FN3O3/c1-11(13-5-7-14(21)8-6-13)22-19(25)15-10-16(17-4-3-9-26-17)23-20-18(15)12(2)24-27-20/h3-11H,1-2H3,(H,22,25). The second-order valence-electron chi connectivity index (χ2n) is 6.23. The molecule has 0 saturated heterocycles. The van der Waals surface area contributed by atoms with Gasteiger partial charge < -0.3 is 14.3 Å². The lowest BCUT2D eigenvalue weighted by Gasteiger charge is -2.15. The van der Waals surface area contributed by atoms with E-state index in [1.54, 1.807) is 37.3 Å². The van der Waals surface area contributed by atoms with Crippen molar-refractivity contribution in [1.82, 2.24) is 15.5 Å². The molecule has 3 aromatic heterocycles. The van der Waals surface area contributed by atoms with Gasteiger partial charge in [-0.2, -0.15) is 0 Å². The van der Waals surface area contributed by atoms with E-state index in [1.807, 2.05) is 6.92 Å². The summed E-state index contributed by atoms with van der Waals surface area (Å²) in [5.41, 5.74) is 2.50. The number of furan rings is 1.